The van der Waals surface area contributed by atoms with Gasteiger partial charge in [-0.05, 0) is 23.6 Å². The molecule has 0 saturated carbocycles. The van der Waals surface area contributed by atoms with Crippen molar-refractivity contribution < 1.29 is 19.1 Å². The zero-order valence-corrected chi connectivity index (χ0v) is 12.3. The van der Waals surface area contributed by atoms with Crippen molar-refractivity contribution in [3.05, 3.63) is 58.5 Å². The van der Waals surface area contributed by atoms with E-state index in [1.54, 1.807) is 18.2 Å². The van der Waals surface area contributed by atoms with Gasteiger partial charge < -0.3 is 14.8 Å². The summed E-state index contributed by atoms with van der Waals surface area (Å²) in [7, 11) is 0. The van der Waals surface area contributed by atoms with Crippen molar-refractivity contribution in [3.8, 4) is 0 Å². The molecule has 0 aliphatic rings. The van der Waals surface area contributed by atoms with Crippen LogP contribution >= 0.6 is 11.3 Å². The Bertz CT molecular complexity index is 774. The van der Waals surface area contributed by atoms with E-state index in [9.17, 15) is 9.59 Å². The van der Waals surface area contributed by atoms with E-state index in [4.69, 9.17) is 9.52 Å². The molecule has 1 amide bonds. The van der Waals surface area contributed by atoms with Crippen molar-refractivity contribution in [2.45, 2.75) is 12.5 Å². The number of carboxylic acids is 1. The molecule has 0 spiro atoms. The minimum absolute atomic E-state index is 0.174. The van der Waals surface area contributed by atoms with Gasteiger partial charge in [-0.25, -0.2) is 0 Å². The van der Waals surface area contributed by atoms with Crippen LogP contribution in [0.3, 0.4) is 0 Å². The molecule has 112 valence electrons. The Labute approximate surface area is 130 Å². The number of hydrogen-bond acceptors (Lipinski definition) is 4. The quantitative estimate of drug-likeness (QED) is 0.756. The molecular weight excluding hydrogens is 302 g/mol. The number of benzene rings is 1. The molecule has 0 unspecified atom stereocenters. The monoisotopic (exact) mass is 315 g/mol. The van der Waals surface area contributed by atoms with Crippen molar-refractivity contribution in [2.24, 2.45) is 0 Å². The summed E-state index contributed by atoms with van der Waals surface area (Å²) >= 11 is 1.41. The average Bonchev–Trinajstić information content (AvgIpc) is 3.15. The van der Waals surface area contributed by atoms with Crippen LogP contribution in [0.15, 0.2) is 52.3 Å². The maximum absolute atomic E-state index is 12.3. The summed E-state index contributed by atoms with van der Waals surface area (Å²) < 4.78 is 5.50. The molecule has 0 aliphatic carbocycles. The highest BCUT2D eigenvalue weighted by atomic mass is 32.1. The lowest BCUT2D eigenvalue weighted by molar-refractivity contribution is -0.137. The van der Waals surface area contributed by atoms with Crippen LogP contribution in [0.4, 0.5) is 0 Å². The fourth-order valence-electron chi connectivity index (χ4n) is 2.21. The zero-order valence-electron chi connectivity index (χ0n) is 11.5. The number of rotatable bonds is 5. The fraction of sp³-hybridized carbons (Fsp3) is 0.125. The highest BCUT2D eigenvalue weighted by molar-refractivity contribution is 7.10. The molecule has 3 aromatic rings. The molecule has 2 aromatic heterocycles. The Hall–Kier alpha value is -2.60. The summed E-state index contributed by atoms with van der Waals surface area (Å²) in [6, 6.07) is 12.0. The Morgan fingerprint density at radius 3 is 2.73 bits per heavy atom. The van der Waals surface area contributed by atoms with Gasteiger partial charge in [0.1, 0.15) is 5.58 Å². The Balaban J connectivity index is 1.82. The topological polar surface area (TPSA) is 79.5 Å². The van der Waals surface area contributed by atoms with Gasteiger partial charge in [-0.15, -0.1) is 11.3 Å². The van der Waals surface area contributed by atoms with Crippen molar-refractivity contribution in [3.63, 3.8) is 0 Å². The van der Waals surface area contributed by atoms with Gasteiger partial charge >= 0.3 is 5.97 Å². The molecule has 3 rings (SSSR count). The summed E-state index contributed by atoms with van der Waals surface area (Å²) in [5.74, 6) is -1.22. The number of fused-ring (bicyclic) bond motifs is 1. The fourth-order valence-corrected chi connectivity index (χ4v) is 2.99. The number of furan rings is 1. The predicted molar refractivity (Wildman–Crippen MR) is 83.0 cm³/mol. The van der Waals surface area contributed by atoms with Gasteiger partial charge in [0, 0.05) is 10.3 Å². The Morgan fingerprint density at radius 1 is 1.23 bits per heavy atom. The van der Waals surface area contributed by atoms with E-state index in [1.165, 1.54) is 11.3 Å². The van der Waals surface area contributed by atoms with Crippen LogP contribution < -0.4 is 5.32 Å². The third kappa shape index (κ3) is 3.01. The summed E-state index contributed by atoms with van der Waals surface area (Å²) in [4.78, 5) is 24.1. The first-order valence-corrected chi connectivity index (χ1v) is 7.56. The third-order valence-corrected chi connectivity index (χ3v) is 4.21. The number of aliphatic carboxylic acids is 1. The van der Waals surface area contributed by atoms with E-state index < -0.39 is 17.9 Å². The second kappa shape index (κ2) is 6.03. The minimum atomic E-state index is -0.969. The van der Waals surface area contributed by atoms with Gasteiger partial charge in [0.2, 0.25) is 0 Å². The van der Waals surface area contributed by atoms with Gasteiger partial charge in [-0.2, -0.15) is 0 Å². The third-order valence-electron chi connectivity index (χ3n) is 3.22. The van der Waals surface area contributed by atoms with Gasteiger partial charge in [0.15, 0.2) is 5.76 Å². The maximum Gasteiger partial charge on any atom is 0.305 e. The lowest BCUT2D eigenvalue weighted by Gasteiger charge is -2.14. The molecule has 2 heterocycles. The molecule has 1 atom stereocenters. The molecule has 2 N–H and O–H groups in total. The van der Waals surface area contributed by atoms with E-state index in [2.05, 4.69) is 5.32 Å². The first kappa shape index (κ1) is 14.3. The number of carbonyl (C=O) groups is 2. The van der Waals surface area contributed by atoms with Crippen molar-refractivity contribution >= 4 is 34.2 Å². The highest BCUT2D eigenvalue weighted by Gasteiger charge is 2.21. The van der Waals surface area contributed by atoms with E-state index in [0.717, 1.165) is 10.3 Å². The Morgan fingerprint density at radius 2 is 2.05 bits per heavy atom. The summed E-state index contributed by atoms with van der Waals surface area (Å²) in [5.41, 5.74) is 0.624. The first-order chi connectivity index (χ1) is 10.6. The number of carboxylic acid groups (broad SMARTS) is 1. The van der Waals surface area contributed by atoms with Crippen molar-refractivity contribution in [1.29, 1.82) is 0 Å². The second-order valence-corrected chi connectivity index (χ2v) is 5.77. The summed E-state index contributed by atoms with van der Waals surface area (Å²) in [5, 5.41) is 14.4. The highest BCUT2D eigenvalue weighted by Crippen LogP contribution is 2.24. The number of para-hydroxylation sites is 1. The van der Waals surface area contributed by atoms with E-state index in [1.807, 2.05) is 29.6 Å². The summed E-state index contributed by atoms with van der Waals surface area (Å²) in [6.07, 6.45) is -0.174. The normalized spacial score (nSPS) is 12.2. The Kier molecular flexibility index (Phi) is 3.93. The molecule has 0 fully saturated rings. The molecule has 1 aromatic carbocycles. The lowest BCUT2D eigenvalue weighted by Crippen LogP contribution is -2.29. The lowest BCUT2D eigenvalue weighted by atomic mass is 10.1. The smallest absolute Gasteiger partial charge is 0.305 e. The maximum atomic E-state index is 12.3. The summed E-state index contributed by atoms with van der Waals surface area (Å²) in [6.45, 7) is 0. The number of amides is 1. The second-order valence-electron chi connectivity index (χ2n) is 4.79. The van der Waals surface area contributed by atoms with Gasteiger partial charge in [0.25, 0.3) is 5.91 Å². The average molecular weight is 315 g/mol. The van der Waals surface area contributed by atoms with Crippen LogP contribution in [0.2, 0.25) is 0 Å². The van der Waals surface area contributed by atoms with E-state index in [0.29, 0.717) is 5.58 Å². The van der Waals surface area contributed by atoms with E-state index >= 15 is 0 Å². The molecular formula is C16H13NO4S. The predicted octanol–water partition coefficient (Wildman–Crippen LogP) is 3.44. The van der Waals surface area contributed by atoms with Gasteiger partial charge in [0.05, 0.1) is 12.5 Å². The molecule has 5 nitrogen and oxygen atoms in total. The zero-order chi connectivity index (χ0) is 15.5. The van der Waals surface area contributed by atoms with Crippen LogP contribution in [0, 0.1) is 0 Å². The largest absolute Gasteiger partial charge is 0.481 e. The van der Waals surface area contributed by atoms with Crippen LogP contribution in [0.5, 0.6) is 0 Å². The first-order valence-electron chi connectivity index (χ1n) is 6.68. The molecule has 22 heavy (non-hydrogen) atoms. The molecule has 0 aliphatic heterocycles. The standard InChI is InChI=1S/C16H13NO4S/c18-15(19)9-11(14-6-3-7-22-14)17-16(20)13-8-10-4-1-2-5-12(10)21-13/h1-8,11H,9H2,(H,17,20)(H,18,19)/t11-/m0/s1. The number of carbonyl (C=O) groups excluding carboxylic acids is 1. The van der Waals surface area contributed by atoms with Crippen molar-refractivity contribution in [2.75, 3.05) is 0 Å². The van der Waals surface area contributed by atoms with Gasteiger partial charge in [-0.1, -0.05) is 24.3 Å². The molecule has 0 saturated heterocycles. The number of nitrogens with one attached hydrogen (secondary N) is 1. The van der Waals surface area contributed by atoms with Crippen LogP contribution in [0.1, 0.15) is 27.9 Å². The number of hydrogen-bond donors (Lipinski definition) is 2. The minimum Gasteiger partial charge on any atom is -0.481 e. The van der Waals surface area contributed by atoms with Gasteiger partial charge in [-0.3, -0.25) is 9.59 Å². The van der Waals surface area contributed by atoms with Crippen molar-refractivity contribution in [1.82, 2.24) is 5.32 Å². The molecule has 0 radical (unpaired) electrons. The van der Waals surface area contributed by atoms with Crippen LogP contribution in [-0.4, -0.2) is 17.0 Å². The van der Waals surface area contributed by atoms with E-state index in [-0.39, 0.29) is 12.2 Å². The van der Waals surface area contributed by atoms with Crippen LogP contribution in [0.25, 0.3) is 11.0 Å². The molecule has 0 bridgehead atoms. The number of thiophene rings is 1. The molecule has 6 heteroatoms. The van der Waals surface area contributed by atoms with Crippen LogP contribution in [-0.2, 0) is 4.79 Å². The SMILES string of the molecule is O=C(O)C[C@H](NC(=O)c1cc2ccccc2o1)c1cccs1.